The lowest BCUT2D eigenvalue weighted by molar-refractivity contribution is -0.119. The highest BCUT2D eigenvalue weighted by Crippen LogP contribution is 2.56. The number of carbonyl (C=O) groups is 2. The molecule has 1 fully saturated rings. The molecule has 3 aliphatic carbocycles. The fourth-order valence-electron chi connectivity index (χ4n) is 7.92. The monoisotopic (exact) mass is 711 g/mol. The third-order valence-electron chi connectivity index (χ3n) is 9.81. The van der Waals surface area contributed by atoms with Crippen molar-refractivity contribution < 1.29 is 23.5 Å². The molecule has 234 valence electrons. The smallest absolute Gasteiger partial charge is 0.174 e. The Morgan fingerprint density at radius 1 is 0.886 bits per heavy atom. The number of benzene rings is 2. The minimum absolute atomic E-state index is 0.0594. The Morgan fingerprint density at radius 3 is 2.05 bits per heavy atom. The van der Waals surface area contributed by atoms with Crippen molar-refractivity contribution in [3.05, 3.63) is 79.5 Å². The summed E-state index contributed by atoms with van der Waals surface area (Å²) in [6, 6.07) is 10.8. The molecule has 0 bridgehead atoms. The molecule has 0 amide bonds. The maximum atomic E-state index is 14.4. The predicted octanol–water partition coefficient (Wildman–Crippen LogP) is 9.04. The van der Waals surface area contributed by atoms with Crippen LogP contribution < -0.4 is 9.47 Å². The number of rotatable bonds is 6. The molecule has 0 atom stereocenters. The molecular weight excluding hydrogens is 668 g/mol. The first-order chi connectivity index (χ1) is 20.9. The minimum atomic E-state index is -0.449. The Morgan fingerprint density at radius 2 is 1.48 bits per heavy atom. The topological polar surface area (TPSA) is 55.8 Å². The van der Waals surface area contributed by atoms with E-state index in [0.29, 0.717) is 35.9 Å². The quantitative estimate of drug-likeness (QED) is 0.280. The van der Waals surface area contributed by atoms with E-state index in [9.17, 15) is 14.0 Å². The third kappa shape index (κ3) is 5.85. The lowest BCUT2D eigenvalue weighted by Gasteiger charge is -2.52. The highest BCUT2D eigenvalue weighted by atomic mass is 127. The summed E-state index contributed by atoms with van der Waals surface area (Å²) < 4.78 is 27.1. The molecule has 6 rings (SSSR count). The maximum absolute atomic E-state index is 14.4. The van der Waals surface area contributed by atoms with Crippen LogP contribution in [0, 0.1) is 20.2 Å². The van der Waals surface area contributed by atoms with Gasteiger partial charge in [-0.05, 0) is 82.9 Å². The second-order valence-corrected chi connectivity index (χ2v) is 15.8. The lowest BCUT2D eigenvalue weighted by Crippen LogP contribution is -2.48. The zero-order valence-corrected chi connectivity index (χ0v) is 28.7. The van der Waals surface area contributed by atoms with Gasteiger partial charge in [-0.1, -0.05) is 65.2 Å². The number of ether oxygens (including phenoxy) is 2. The van der Waals surface area contributed by atoms with E-state index in [4.69, 9.17) is 9.47 Å². The summed E-state index contributed by atoms with van der Waals surface area (Å²) in [6.45, 7) is 8.82. The second kappa shape index (κ2) is 11.9. The SMILES string of the molecule is COc1cc(C2C3=C(CC(C)(C)CC3=O)N(C3CCCCC3)C3=C2C(=O)CC(C)(C)C3)cc(I)c1OCc1ccccc1F. The standard InChI is InChI=1S/C37H43FINO4/c1-36(2)17-27-33(29(41)19-36)32(34-28(18-37(3,4)20-30(34)42)40(27)24-12-7-6-8-13-24)23-15-26(39)35(31(16-23)43-5)44-21-22-11-9-10-14-25(22)38/h9-11,14-16,24,32H,6-8,12-13,17-21H2,1-5H3. The number of allylic oxidation sites excluding steroid dienone is 4. The number of methoxy groups -OCH3 is 1. The molecular formula is C37H43FINO4. The van der Waals surface area contributed by atoms with Crippen molar-refractivity contribution in [1.29, 1.82) is 0 Å². The van der Waals surface area contributed by atoms with Gasteiger partial charge in [-0.15, -0.1) is 0 Å². The minimum Gasteiger partial charge on any atom is -0.493 e. The number of ketones is 2. The molecule has 0 unspecified atom stereocenters. The second-order valence-electron chi connectivity index (χ2n) is 14.6. The highest BCUT2D eigenvalue weighted by Gasteiger charge is 2.50. The van der Waals surface area contributed by atoms with Gasteiger partial charge >= 0.3 is 0 Å². The summed E-state index contributed by atoms with van der Waals surface area (Å²) in [6.07, 6.45) is 8.30. The molecule has 1 saturated carbocycles. The summed E-state index contributed by atoms with van der Waals surface area (Å²) in [5.74, 6) is 0.541. The molecule has 0 aromatic heterocycles. The van der Waals surface area contributed by atoms with Gasteiger partial charge in [-0.25, -0.2) is 4.39 Å². The van der Waals surface area contributed by atoms with Crippen LogP contribution in [-0.2, 0) is 16.2 Å². The van der Waals surface area contributed by atoms with E-state index in [1.807, 2.05) is 12.1 Å². The Labute approximate surface area is 274 Å². The first kappa shape index (κ1) is 31.3. The van der Waals surface area contributed by atoms with Gasteiger partial charge in [0.15, 0.2) is 23.1 Å². The van der Waals surface area contributed by atoms with Crippen LogP contribution in [0.3, 0.4) is 0 Å². The van der Waals surface area contributed by atoms with Gasteiger partial charge in [-0.2, -0.15) is 0 Å². The van der Waals surface area contributed by atoms with Crippen LogP contribution in [0.1, 0.15) is 103 Å². The van der Waals surface area contributed by atoms with E-state index in [2.05, 4.69) is 55.2 Å². The van der Waals surface area contributed by atoms with Crippen molar-refractivity contribution in [2.75, 3.05) is 7.11 Å². The summed E-state index contributed by atoms with van der Waals surface area (Å²) in [7, 11) is 1.59. The molecule has 0 spiro atoms. The largest absolute Gasteiger partial charge is 0.493 e. The molecule has 0 saturated heterocycles. The summed E-state index contributed by atoms with van der Waals surface area (Å²) in [5.41, 5.74) is 4.85. The fourth-order valence-corrected chi connectivity index (χ4v) is 8.70. The molecule has 2 aromatic carbocycles. The van der Waals surface area contributed by atoms with E-state index >= 15 is 0 Å². The fraction of sp³-hybridized carbons (Fsp3) is 0.514. The Bertz CT molecular complexity index is 1510. The van der Waals surface area contributed by atoms with Crippen LogP contribution in [0.4, 0.5) is 4.39 Å². The lowest BCUT2D eigenvalue weighted by atomic mass is 9.63. The van der Waals surface area contributed by atoms with Gasteiger partial charge in [0.1, 0.15) is 12.4 Å². The predicted molar refractivity (Wildman–Crippen MR) is 178 cm³/mol. The van der Waals surface area contributed by atoms with Crippen LogP contribution in [0.15, 0.2) is 58.9 Å². The Hall–Kier alpha value is -2.68. The van der Waals surface area contributed by atoms with E-state index < -0.39 is 5.92 Å². The molecule has 5 nitrogen and oxygen atoms in total. The first-order valence-corrected chi connectivity index (χ1v) is 17.0. The van der Waals surface area contributed by atoms with Crippen molar-refractivity contribution >= 4 is 34.2 Å². The maximum Gasteiger partial charge on any atom is 0.174 e. The number of nitrogens with zero attached hydrogens (tertiary/aromatic N) is 1. The number of Topliss-reactive ketones (excluding diaryl/α,β-unsaturated/α-hetero) is 2. The van der Waals surface area contributed by atoms with Crippen LogP contribution in [0.25, 0.3) is 0 Å². The summed E-state index contributed by atoms with van der Waals surface area (Å²) >= 11 is 2.23. The van der Waals surface area contributed by atoms with E-state index in [1.54, 1.807) is 25.3 Å². The Kier molecular flexibility index (Phi) is 8.48. The van der Waals surface area contributed by atoms with Gasteiger partial charge < -0.3 is 14.4 Å². The number of hydrogen-bond acceptors (Lipinski definition) is 5. The first-order valence-electron chi connectivity index (χ1n) is 15.9. The van der Waals surface area contributed by atoms with E-state index in [-0.39, 0.29) is 34.8 Å². The van der Waals surface area contributed by atoms with Crippen molar-refractivity contribution in [3.63, 3.8) is 0 Å². The van der Waals surface area contributed by atoms with Crippen molar-refractivity contribution in [2.45, 2.75) is 104 Å². The van der Waals surface area contributed by atoms with Gasteiger partial charge in [-0.3, -0.25) is 9.59 Å². The average Bonchev–Trinajstić information content (AvgIpc) is 2.95. The van der Waals surface area contributed by atoms with Crippen LogP contribution in [0.2, 0.25) is 0 Å². The normalized spacial score (nSPS) is 22.2. The molecule has 0 radical (unpaired) electrons. The number of carbonyl (C=O) groups excluding carboxylic acids is 2. The molecule has 1 heterocycles. The molecule has 2 aromatic rings. The van der Waals surface area contributed by atoms with Crippen molar-refractivity contribution in [2.24, 2.45) is 10.8 Å². The van der Waals surface area contributed by atoms with Gasteiger partial charge in [0.2, 0.25) is 0 Å². The molecule has 4 aliphatic rings. The van der Waals surface area contributed by atoms with Crippen molar-refractivity contribution in [3.8, 4) is 11.5 Å². The average molecular weight is 712 g/mol. The van der Waals surface area contributed by atoms with Crippen LogP contribution in [0.5, 0.6) is 11.5 Å². The van der Waals surface area contributed by atoms with Gasteiger partial charge in [0.25, 0.3) is 0 Å². The van der Waals surface area contributed by atoms with Crippen LogP contribution in [-0.4, -0.2) is 29.6 Å². The zero-order valence-electron chi connectivity index (χ0n) is 26.5. The number of halogens is 2. The van der Waals surface area contributed by atoms with Gasteiger partial charge in [0.05, 0.1) is 10.7 Å². The number of hydrogen-bond donors (Lipinski definition) is 0. The third-order valence-corrected chi connectivity index (χ3v) is 10.6. The zero-order chi connectivity index (χ0) is 31.4. The van der Waals surface area contributed by atoms with E-state index in [1.165, 1.54) is 25.3 Å². The molecule has 0 N–H and O–H groups in total. The molecule has 1 aliphatic heterocycles. The summed E-state index contributed by atoms with van der Waals surface area (Å²) in [4.78, 5) is 31.0. The van der Waals surface area contributed by atoms with Crippen molar-refractivity contribution in [1.82, 2.24) is 4.90 Å². The van der Waals surface area contributed by atoms with Crippen LogP contribution >= 0.6 is 22.6 Å². The summed E-state index contributed by atoms with van der Waals surface area (Å²) in [5, 5.41) is 0. The van der Waals surface area contributed by atoms with E-state index in [0.717, 1.165) is 57.4 Å². The van der Waals surface area contributed by atoms with Gasteiger partial charge in [0, 0.05) is 52.9 Å². The highest BCUT2D eigenvalue weighted by molar-refractivity contribution is 14.1. The Balaban J connectivity index is 1.51. The molecule has 7 heteroatoms. The molecule has 44 heavy (non-hydrogen) atoms.